The van der Waals surface area contributed by atoms with E-state index in [0.717, 1.165) is 18.2 Å². The van der Waals surface area contributed by atoms with Gasteiger partial charge in [-0.3, -0.25) is 14.5 Å². The van der Waals surface area contributed by atoms with Gasteiger partial charge in [-0.2, -0.15) is 0 Å². The van der Waals surface area contributed by atoms with E-state index in [1.807, 2.05) is 19.9 Å². The molecule has 0 radical (unpaired) electrons. The van der Waals surface area contributed by atoms with Gasteiger partial charge in [-0.05, 0) is 50.1 Å². The Hall–Kier alpha value is -2.20. The molecule has 0 bridgehead atoms. The molecule has 1 aromatic carbocycles. The number of carbonyl (C=O) groups is 1. The van der Waals surface area contributed by atoms with E-state index < -0.39 is 10.0 Å². The Morgan fingerprint density at radius 1 is 1.39 bits per heavy atom. The number of aromatic nitrogens is 1. The zero-order valence-electron chi connectivity index (χ0n) is 18.4. The van der Waals surface area contributed by atoms with Crippen LogP contribution in [0.3, 0.4) is 0 Å². The first-order valence-corrected chi connectivity index (χ1v) is 12.5. The molecule has 2 heterocycles. The van der Waals surface area contributed by atoms with Crippen molar-refractivity contribution in [2.24, 2.45) is 5.92 Å². The number of nitrogens with zero attached hydrogens (tertiary/aromatic N) is 2. The largest absolute Gasteiger partial charge is 0.361 e. The Labute approximate surface area is 183 Å². The molecule has 2 unspecified atom stereocenters. The zero-order chi connectivity index (χ0) is 22.3. The van der Waals surface area contributed by atoms with Gasteiger partial charge in [-0.25, -0.2) is 18.2 Å². The number of hydrogen-bond donors (Lipinski definition) is 2. The molecule has 0 saturated carbocycles. The molecule has 2 N–H and O–H groups in total. The molecule has 0 fully saturated rings. The average Bonchev–Trinajstić information content (AvgIpc) is 3.11. The lowest BCUT2D eigenvalue weighted by molar-refractivity contribution is -0.199. The minimum absolute atomic E-state index is 0.0881. The van der Waals surface area contributed by atoms with Crippen molar-refractivity contribution >= 4 is 32.4 Å². The fraction of sp³-hybridized carbons (Fsp3) is 0.500. The summed E-state index contributed by atoms with van der Waals surface area (Å²) in [6.07, 6.45) is 6.21. The molecule has 2 aliphatic rings. The number of hydrogen-bond acceptors (Lipinski definition) is 5. The first kappa shape index (κ1) is 22.0. The third-order valence-corrected chi connectivity index (χ3v) is 6.70. The van der Waals surface area contributed by atoms with Crippen molar-refractivity contribution in [3.8, 4) is 0 Å². The lowest BCUT2D eigenvalue weighted by Gasteiger charge is -2.40. The summed E-state index contributed by atoms with van der Waals surface area (Å²) in [5.41, 5.74) is 4.80. The van der Waals surface area contributed by atoms with E-state index >= 15 is 0 Å². The third-order valence-electron chi connectivity index (χ3n) is 5.97. The molecule has 4 rings (SSSR count). The number of nitrogens with one attached hydrogen (secondary N) is 2. The third kappa shape index (κ3) is 4.41. The summed E-state index contributed by atoms with van der Waals surface area (Å²) in [6.45, 7) is 4.58. The number of H-pyrrole nitrogens is 1. The molecule has 2 aromatic rings. The summed E-state index contributed by atoms with van der Waals surface area (Å²) in [7, 11) is -1.23. The maximum atomic E-state index is 13.4. The summed E-state index contributed by atoms with van der Waals surface area (Å²) in [5, 5.41) is 2.63. The van der Waals surface area contributed by atoms with Gasteiger partial charge in [0.15, 0.2) is 0 Å². The van der Waals surface area contributed by atoms with Crippen LogP contribution >= 0.6 is 0 Å². The average molecular weight is 447 g/mol. The van der Waals surface area contributed by atoms with Gasteiger partial charge in [0.1, 0.15) is 0 Å². The standard InChI is InChI=1S/C22H30N4O4S/c1-14(2)26(30-9-8-24-31(4,28)29)22(27)16-10-18-17-6-5-7-19-21(17)15(12-23-19)11-20(18)25(3)13-16/h5-7,10,12,14,16,20,23-24H,8-9,11,13H2,1-4H3. The first-order valence-electron chi connectivity index (χ1n) is 10.6. The molecule has 9 heteroatoms. The van der Waals surface area contributed by atoms with E-state index in [9.17, 15) is 13.2 Å². The molecule has 0 saturated heterocycles. The van der Waals surface area contributed by atoms with Crippen LogP contribution in [0, 0.1) is 5.92 Å². The Morgan fingerprint density at radius 2 is 2.16 bits per heavy atom. The van der Waals surface area contributed by atoms with Crippen molar-refractivity contribution in [3.63, 3.8) is 0 Å². The predicted molar refractivity (Wildman–Crippen MR) is 121 cm³/mol. The van der Waals surface area contributed by atoms with Crippen molar-refractivity contribution in [3.05, 3.63) is 41.6 Å². The smallest absolute Gasteiger partial charge is 0.254 e. The molecule has 1 amide bonds. The van der Waals surface area contributed by atoms with Crippen molar-refractivity contribution in [2.75, 3.05) is 33.0 Å². The van der Waals surface area contributed by atoms with Gasteiger partial charge in [-0.1, -0.05) is 18.2 Å². The molecule has 1 aliphatic heterocycles. The highest BCUT2D eigenvalue weighted by molar-refractivity contribution is 7.88. The zero-order valence-corrected chi connectivity index (χ0v) is 19.2. The number of amides is 1. The van der Waals surface area contributed by atoms with Crippen LogP contribution < -0.4 is 4.72 Å². The Bertz CT molecular complexity index is 1120. The molecular formula is C22H30N4O4S. The Balaban J connectivity index is 1.57. The molecule has 2 atom stereocenters. The van der Waals surface area contributed by atoms with Crippen LogP contribution in [-0.4, -0.2) is 74.4 Å². The number of fused-ring (bicyclic) bond motifs is 2. The van der Waals surface area contributed by atoms with Crippen LogP contribution in [0.2, 0.25) is 0 Å². The summed E-state index contributed by atoms with van der Waals surface area (Å²) >= 11 is 0. The van der Waals surface area contributed by atoms with Crippen LogP contribution in [-0.2, 0) is 26.1 Å². The van der Waals surface area contributed by atoms with Crippen LogP contribution in [0.5, 0.6) is 0 Å². The minimum Gasteiger partial charge on any atom is -0.361 e. The van der Waals surface area contributed by atoms with E-state index in [4.69, 9.17) is 4.84 Å². The molecule has 31 heavy (non-hydrogen) atoms. The summed E-state index contributed by atoms with van der Waals surface area (Å²) in [4.78, 5) is 24.7. The van der Waals surface area contributed by atoms with Crippen LogP contribution in [0.15, 0.2) is 30.5 Å². The maximum Gasteiger partial charge on any atom is 0.254 e. The van der Waals surface area contributed by atoms with Crippen molar-refractivity contribution < 1.29 is 18.0 Å². The van der Waals surface area contributed by atoms with Crippen LogP contribution in [0.25, 0.3) is 16.5 Å². The van der Waals surface area contributed by atoms with Crippen LogP contribution in [0.1, 0.15) is 25.0 Å². The Morgan fingerprint density at radius 3 is 2.87 bits per heavy atom. The van der Waals surface area contributed by atoms with E-state index in [2.05, 4.69) is 46.1 Å². The van der Waals surface area contributed by atoms with Gasteiger partial charge in [0, 0.05) is 36.2 Å². The molecular weight excluding hydrogens is 416 g/mol. The molecule has 1 aromatic heterocycles. The van der Waals surface area contributed by atoms with Gasteiger partial charge in [-0.15, -0.1) is 0 Å². The van der Waals surface area contributed by atoms with Gasteiger partial charge in [0.25, 0.3) is 5.91 Å². The number of rotatable bonds is 7. The van der Waals surface area contributed by atoms with Crippen molar-refractivity contribution in [1.82, 2.24) is 19.7 Å². The highest BCUT2D eigenvalue weighted by Crippen LogP contribution is 2.41. The van der Waals surface area contributed by atoms with E-state index in [1.165, 1.54) is 27.1 Å². The fourth-order valence-electron chi connectivity index (χ4n) is 4.61. The van der Waals surface area contributed by atoms with E-state index in [0.29, 0.717) is 6.54 Å². The lowest BCUT2D eigenvalue weighted by Crippen LogP contribution is -2.49. The summed E-state index contributed by atoms with van der Waals surface area (Å²) < 4.78 is 24.9. The van der Waals surface area contributed by atoms with Crippen molar-refractivity contribution in [1.29, 1.82) is 0 Å². The van der Waals surface area contributed by atoms with Gasteiger partial charge in [0.05, 0.1) is 24.8 Å². The first-order chi connectivity index (χ1) is 14.7. The lowest BCUT2D eigenvalue weighted by atomic mass is 9.79. The highest BCUT2D eigenvalue weighted by Gasteiger charge is 2.37. The minimum atomic E-state index is -3.29. The highest BCUT2D eigenvalue weighted by atomic mass is 32.2. The van der Waals surface area contributed by atoms with Gasteiger partial charge >= 0.3 is 0 Å². The molecule has 8 nitrogen and oxygen atoms in total. The van der Waals surface area contributed by atoms with Crippen LogP contribution in [0.4, 0.5) is 0 Å². The number of aromatic amines is 1. The molecule has 168 valence electrons. The second-order valence-electron chi connectivity index (χ2n) is 8.69. The monoisotopic (exact) mass is 446 g/mol. The predicted octanol–water partition coefficient (Wildman–Crippen LogP) is 1.76. The normalized spacial score (nSPS) is 21.3. The quantitative estimate of drug-likeness (QED) is 0.499. The second kappa shape index (κ2) is 8.38. The Kier molecular flexibility index (Phi) is 5.95. The van der Waals surface area contributed by atoms with Gasteiger partial charge < -0.3 is 4.98 Å². The number of benzene rings is 1. The van der Waals surface area contributed by atoms with E-state index in [-0.39, 0.29) is 37.1 Å². The summed E-state index contributed by atoms with van der Waals surface area (Å²) in [5.74, 6) is -0.448. The topological polar surface area (TPSA) is 94.7 Å². The number of sulfonamides is 1. The maximum absolute atomic E-state index is 13.4. The number of carbonyl (C=O) groups excluding carboxylic acids is 1. The van der Waals surface area contributed by atoms with Gasteiger partial charge in [0.2, 0.25) is 10.0 Å². The number of likely N-dealkylation sites (N-methyl/N-ethyl adjacent to an activating group) is 1. The van der Waals surface area contributed by atoms with E-state index in [1.54, 1.807) is 0 Å². The fourth-order valence-corrected chi connectivity index (χ4v) is 5.06. The SMILES string of the molecule is CC(C)N(OCCNS(C)(=O)=O)C(=O)C1C=C2c3cccc4[nH]cc(c34)CC2N(C)C1. The van der Waals surface area contributed by atoms with Crippen molar-refractivity contribution in [2.45, 2.75) is 32.4 Å². The molecule has 1 aliphatic carbocycles. The second-order valence-corrected chi connectivity index (χ2v) is 10.5. The molecule has 0 spiro atoms. The summed E-state index contributed by atoms with van der Waals surface area (Å²) in [6, 6.07) is 6.33. The number of hydroxylamine groups is 2.